The molecule has 6 nitrogen and oxygen atoms in total. The zero-order valence-corrected chi connectivity index (χ0v) is 13.8. The Labute approximate surface area is 133 Å². The van der Waals surface area contributed by atoms with E-state index in [1.165, 1.54) is 25.7 Å². The van der Waals surface area contributed by atoms with Crippen molar-refractivity contribution in [1.82, 2.24) is 20.2 Å². The van der Waals surface area contributed by atoms with Crippen LogP contribution in [0.4, 0.5) is 5.95 Å². The molecule has 1 aliphatic heterocycles. The van der Waals surface area contributed by atoms with Gasteiger partial charge in [-0.1, -0.05) is 26.2 Å². The van der Waals surface area contributed by atoms with Crippen LogP contribution in [0.1, 0.15) is 32.6 Å². The molecule has 1 aromatic heterocycles. The molecular weight excluding hydrogens is 276 g/mol. The lowest BCUT2D eigenvalue weighted by Crippen LogP contribution is -2.53. The molecule has 0 saturated carbocycles. The smallest absolute Gasteiger partial charge is 0.225 e. The molecule has 0 amide bonds. The van der Waals surface area contributed by atoms with E-state index in [0.717, 1.165) is 44.6 Å². The van der Waals surface area contributed by atoms with Crippen molar-refractivity contribution in [3.8, 4) is 0 Å². The fraction of sp³-hybridized carbons (Fsp3) is 0.688. The molecular formula is C16H28N6. The molecule has 0 bridgehead atoms. The first-order valence-corrected chi connectivity index (χ1v) is 8.32. The number of aromatic nitrogens is 2. The van der Waals surface area contributed by atoms with Crippen molar-refractivity contribution in [3.05, 3.63) is 18.5 Å². The van der Waals surface area contributed by atoms with Gasteiger partial charge in [0.25, 0.3) is 0 Å². The lowest BCUT2D eigenvalue weighted by molar-refractivity contribution is 0.369. The van der Waals surface area contributed by atoms with E-state index in [1.807, 2.05) is 13.1 Å². The number of hydrogen-bond acceptors (Lipinski definition) is 4. The van der Waals surface area contributed by atoms with Crippen LogP contribution in [-0.2, 0) is 0 Å². The second-order valence-corrected chi connectivity index (χ2v) is 5.56. The van der Waals surface area contributed by atoms with Gasteiger partial charge in [-0.3, -0.25) is 4.99 Å². The highest BCUT2D eigenvalue weighted by Crippen LogP contribution is 2.09. The molecule has 22 heavy (non-hydrogen) atoms. The van der Waals surface area contributed by atoms with Gasteiger partial charge in [0.05, 0.1) is 0 Å². The van der Waals surface area contributed by atoms with Crippen LogP contribution in [0.3, 0.4) is 0 Å². The molecule has 0 spiro atoms. The lowest BCUT2D eigenvalue weighted by Gasteiger charge is -2.36. The fourth-order valence-corrected chi connectivity index (χ4v) is 2.66. The number of nitrogens with zero attached hydrogens (tertiary/aromatic N) is 5. The summed E-state index contributed by atoms with van der Waals surface area (Å²) in [6.07, 6.45) is 8.69. The minimum atomic E-state index is 0.824. The van der Waals surface area contributed by atoms with Crippen LogP contribution in [0.5, 0.6) is 0 Å². The van der Waals surface area contributed by atoms with E-state index in [9.17, 15) is 0 Å². The van der Waals surface area contributed by atoms with Crippen molar-refractivity contribution < 1.29 is 0 Å². The van der Waals surface area contributed by atoms with Gasteiger partial charge in [0.1, 0.15) is 0 Å². The number of unbranched alkanes of at least 4 members (excludes halogenated alkanes) is 3. The molecule has 1 aromatic rings. The third-order valence-corrected chi connectivity index (χ3v) is 3.94. The Balaban J connectivity index is 1.75. The molecule has 122 valence electrons. The van der Waals surface area contributed by atoms with E-state index in [2.05, 4.69) is 37.0 Å². The maximum atomic E-state index is 4.41. The Morgan fingerprint density at radius 2 is 1.86 bits per heavy atom. The first-order valence-electron chi connectivity index (χ1n) is 8.32. The van der Waals surface area contributed by atoms with Crippen LogP contribution < -0.4 is 10.2 Å². The van der Waals surface area contributed by atoms with Gasteiger partial charge in [0.2, 0.25) is 5.95 Å². The number of guanidine groups is 1. The minimum absolute atomic E-state index is 0.824. The summed E-state index contributed by atoms with van der Waals surface area (Å²) in [5.74, 6) is 1.84. The summed E-state index contributed by atoms with van der Waals surface area (Å²) in [4.78, 5) is 17.6. The van der Waals surface area contributed by atoms with Gasteiger partial charge in [-0.25, -0.2) is 9.97 Å². The summed E-state index contributed by atoms with van der Waals surface area (Å²) in [6, 6.07) is 1.85. The van der Waals surface area contributed by atoms with Crippen molar-refractivity contribution >= 4 is 11.9 Å². The first kappa shape index (κ1) is 16.5. The monoisotopic (exact) mass is 304 g/mol. The van der Waals surface area contributed by atoms with Crippen LogP contribution in [-0.4, -0.2) is 60.6 Å². The lowest BCUT2D eigenvalue weighted by atomic mass is 10.2. The average Bonchev–Trinajstić information content (AvgIpc) is 2.59. The number of hydrogen-bond donors (Lipinski definition) is 1. The van der Waals surface area contributed by atoms with Gasteiger partial charge in [0.15, 0.2) is 5.96 Å². The Morgan fingerprint density at radius 3 is 2.50 bits per heavy atom. The quantitative estimate of drug-likeness (QED) is 0.493. The van der Waals surface area contributed by atoms with Crippen molar-refractivity contribution in [3.63, 3.8) is 0 Å². The SMILES string of the molecule is CCCCCCNC(=NC)N1CCN(c2ncccn2)CC1. The molecule has 0 aromatic carbocycles. The second-order valence-electron chi connectivity index (χ2n) is 5.56. The summed E-state index contributed by atoms with van der Waals surface area (Å²) < 4.78 is 0. The molecule has 2 heterocycles. The molecule has 1 aliphatic rings. The first-order chi connectivity index (χ1) is 10.8. The van der Waals surface area contributed by atoms with Gasteiger partial charge < -0.3 is 15.1 Å². The van der Waals surface area contributed by atoms with Crippen molar-refractivity contribution in [2.24, 2.45) is 4.99 Å². The van der Waals surface area contributed by atoms with Crippen LogP contribution in [0.15, 0.2) is 23.5 Å². The third-order valence-electron chi connectivity index (χ3n) is 3.94. The van der Waals surface area contributed by atoms with Gasteiger partial charge in [-0.05, 0) is 12.5 Å². The number of rotatable bonds is 6. The van der Waals surface area contributed by atoms with Crippen molar-refractivity contribution in [1.29, 1.82) is 0 Å². The molecule has 0 atom stereocenters. The molecule has 1 fully saturated rings. The van der Waals surface area contributed by atoms with Crippen LogP contribution in [0.2, 0.25) is 0 Å². The van der Waals surface area contributed by atoms with E-state index < -0.39 is 0 Å². The maximum absolute atomic E-state index is 4.41. The van der Waals surface area contributed by atoms with Crippen LogP contribution in [0, 0.1) is 0 Å². The fourth-order valence-electron chi connectivity index (χ4n) is 2.66. The van der Waals surface area contributed by atoms with E-state index in [1.54, 1.807) is 12.4 Å². The third kappa shape index (κ3) is 4.86. The number of aliphatic imine (C=N–C) groups is 1. The second kappa shape index (κ2) is 9.23. The topological polar surface area (TPSA) is 56.7 Å². The molecule has 0 aliphatic carbocycles. The van der Waals surface area contributed by atoms with E-state index in [-0.39, 0.29) is 0 Å². The highest BCUT2D eigenvalue weighted by Gasteiger charge is 2.20. The summed E-state index contributed by atoms with van der Waals surface area (Å²) in [5.41, 5.74) is 0. The largest absolute Gasteiger partial charge is 0.356 e. The normalized spacial score (nSPS) is 16.0. The standard InChI is InChI=1S/C16H28N6/c1-3-4-5-6-8-18-15(17-2)21-11-13-22(14-12-21)16-19-9-7-10-20-16/h7,9-10H,3-6,8,11-14H2,1-2H3,(H,17,18). The summed E-state index contributed by atoms with van der Waals surface area (Å²) in [6.45, 7) is 7.01. The Morgan fingerprint density at radius 1 is 1.14 bits per heavy atom. The van der Waals surface area contributed by atoms with Crippen molar-refractivity contribution in [2.45, 2.75) is 32.6 Å². The number of piperazine rings is 1. The van der Waals surface area contributed by atoms with Gasteiger partial charge in [-0.2, -0.15) is 0 Å². The molecule has 6 heteroatoms. The summed E-state index contributed by atoms with van der Waals surface area (Å²) in [5, 5.41) is 3.48. The molecule has 1 saturated heterocycles. The van der Waals surface area contributed by atoms with Crippen molar-refractivity contribution in [2.75, 3.05) is 44.7 Å². The van der Waals surface area contributed by atoms with Gasteiger partial charge in [-0.15, -0.1) is 0 Å². The predicted octanol–water partition coefficient (Wildman–Crippen LogP) is 1.75. The Hall–Kier alpha value is -1.85. The highest BCUT2D eigenvalue weighted by atomic mass is 15.4. The number of anilines is 1. The number of nitrogens with one attached hydrogen (secondary N) is 1. The van der Waals surface area contributed by atoms with Crippen LogP contribution >= 0.6 is 0 Å². The maximum Gasteiger partial charge on any atom is 0.225 e. The average molecular weight is 304 g/mol. The molecule has 2 rings (SSSR count). The molecule has 0 radical (unpaired) electrons. The van der Waals surface area contributed by atoms with E-state index in [0.29, 0.717) is 0 Å². The highest BCUT2D eigenvalue weighted by molar-refractivity contribution is 5.80. The predicted molar refractivity (Wildman–Crippen MR) is 91.3 cm³/mol. The summed E-state index contributed by atoms with van der Waals surface area (Å²) in [7, 11) is 1.86. The Bertz CT molecular complexity index is 439. The summed E-state index contributed by atoms with van der Waals surface area (Å²) >= 11 is 0. The zero-order chi connectivity index (χ0) is 15.6. The minimum Gasteiger partial charge on any atom is -0.356 e. The Kier molecular flexibility index (Phi) is 6.93. The van der Waals surface area contributed by atoms with Gasteiger partial charge >= 0.3 is 0 Å². The zero-order valence-electron chi connectivity index (χ0n) is 13.8. The van der Waals surface area contributed by atoms with Gasteiger partial charge in [0, 0.05) is 52.2 Å². The molecule has 1 N–H and O–H groups in total. The van der Waals surface area contributed by atoms with E-state index in [4.69, 9.17) is 0 Å². The molecule has 0 unspecified atom stereocenters. The van der Waals surface area contributed by atoms with Crippen LogP contribution in [0.25, 0.3) is 0 Å². The van der Waals surface area contributed by atoms with E-state index >= 15 is 0 Å².